The molecule has 1 amide bonds. The maximum atomic E-state index is 12.9. The van der Waals surface area contributed by atoms with E-state index in [1.807, 2.05) is 36.8 Å². The summed E-state index contributed by atoms with van der Waals surface area (Å²) in [6.07, 6.45) is 8.30. The Kier molecular flexibility index (Phi) is 9.61. The third-order valence-corrected chi connectivity index (χ3v) is 7.43. The van der Waals surface area contributed by atoms with Crippen LogP contribution in [0.1, 0.15) is 65.3 Å². The van der Waals surface area contributed by atoms with E-state index in [2.05, 4.69) is 68.7 Å². The number of unbranched alkanes of at least 4 members (excludes halogenated alkanes) is 3. The number of benzene rings is 3. The van der Waals surface area contributed by atoms with Crippen molar-refractivity contribution in [1.29, 1.82) is 0 Å². The molecule has 40 heavy (non-hydrogen) atoms. The van der Waals surface area contributed by atoms with Gasteiger partial charge in [-0.1, -0.05) is 79.6 Å². The summed E-state index contributed by atoms with van der Waals surface area (Å²) in [5.41, 5.74) is 6.36. The normalized spacial score (nSPS) is 14.4. The topological polar surface area (TPSA) is 88.4 Å². The van der Waals surface area contributed by atoms with Crippen molar-refractivity contribution in [3.05, 3.63) is 108 Å². The van der Waals surface area contributed by atoms with Gasteiger partial charge in [0.15, 0.2) is 0 Å². The van der Waals surface area contributed by atoms with Crippen LogP contribution in [0.2, 0.25) is 0 Å². The third kappa shape index (κ3) is 6.97. The van der Waals surface area contributed by atoms with E-state index in [-0.39, 0.29) is 18.6 Å². The maximum absolute atomic E-state index is 12.9. The fourth-order valence-corrected chi connectivity index (χ4v) is 5.20. The van der Waals surface area contributed by atoms with Crippen molar-refractivity contribution in [3.8, 4) is 16.9 Å². The Balaban J connectivity index is 1.19. The van der Waals surface area contributed by atoms with Crippen molar-refractivity contribution in [1.82, 2.24) is 20.2 Å². The molecule has 0 bridgehead atoms. The Hall–Kier alpha value is -3.94. The van der Waals surface area contributed by atoms with Crippen LogP contribution in [0, 0.1) is 0 Å². The molecule has 0 fully saturated rings. The van der Waals surface area contributed by atoms with Gasteiger partial charge in [-0.3, -0.25) is 4.79 Å². The molecule has 1 atom stereocenters. The summed E-state index contributed by atoms with van der Waals surface area (Å²) in [4.78, 5) is 17.3. The molecule has 5 rings (SSSR count). The van der Waals surface area contributed by atoms with E-state index in [4.69, 9.17) is 9.84 Å². The van der Waals surface area contributed by atoms with Crippen LogP contribution >= 0.6 is 0 Å². The Morgan fingerprint density at radius 3 is 2.58 bits per heavy atom. The molecule has 1 unspecified atom stereocenters. The lowest BCUT2D eigenvalue weighted by atomic mass is 9.97. The second-order valence-electron chi connectivity index (χ2n) is 10.3. The van der Waals surface area contributed by atoms with E-state index >= 15 is 0 Å². The quantitative estimate of drug-likeness (QED) is 0.196. The van der Waals surface area contributed by atoms with Crippen molar-refractivity contribution < 1.29 is 14.6 Å². The summed E-state index contributed by atoms with van der Waals surface area (Å²) >= 11 is 0. The molecule has 0 radical (unpaired) electrons. The predicted molar refractivity (Wildman–Crippen MR) is 157 cm³/mol. The Labute approximate surface area is 236 Å². The second kappa shape index (κ2) is 13.9. The first-order chi connectivity index (χ1) is 19.7. The van der Waals surface area contributed by atoms with Gasteiger partial charge in [-0.15, -0.1) is 0 Å². The summed E-state index contributed by atoms with van der Waals surface area (Å²) in [6, 6.07) is 25.0. The first kappa shape index (κ1) is 27.6. The molecule has 0 aliphatic carbocycles. The number of hydrogen-bond donors (Lipinski definition) is 3. The molecule has 0 saturated carbocycles. The van der Waals surface area contributed by atoms with Crippen LogP contribution in [0.15, 0.2) is 85.3 Å². The number of amides is 1. The molecule has 3 N–H and O–H groups in total. The van der Waals surface area contributed by atoms with Gasteiger partial charge in [-0.2, -0.15) is 0 Å². The van der Waals surface area contributed by atoms with Gasteiger partial charge in [0.1, 0.15) is 5.75 Å². The number of para-hydroxylation sites is 1. The molecule has 208 valence electrons. The zero-order valence-corrected chi connectivity index (χ0v) is 22.9. The van der Waals surface area contributed by atoms with Gasteiger partial charge in [0, 0.05) is 50.5 Å². The molecule has 2 heterocycles. The van der Waals surface area contributed by atoms with Gasteiger partial charge < -0.3 is 25.0 Å². The fraction of sp³-hybridized carbons (Fsp3) is 0.333. The average Bonchev–Trinajstić information content (AvgIpc) is 3.44. The predicted octanol–water partition coefficient (Wildman–Crippen LogP) is 5.49. The summed E-state index contributed by atoms with van der Waals surface area (Å²) in [5.74, 6) is 0.576. The average molecular weight is 539 g/mol. The number of carbonyl (C=O) groups is 1. The SMILES string of the molecule is O=C(NCCCCCCO)c1cccc2c1OCCC2NCc1cncn1Cc1ccc(-c2ccccc2)cc1. The zero-order chi connectivity index (χ0) is 27.6. The van der Waals surface area contributed by atoms with Gasteiger partial charge in [0.25, 0.3) is 5.91 Å². The van der Waals surface area contributed by atoms with Crippen LogP contribution in [-0.2, 0) is 13.1 Å². The van der Waals surface area contributed by atoms with Crippen LogP contribution < -0.4 is 15.4 Å². The van der Waals surface area contributed by atoms with Crippen molar-refractivity contribution in [2.45, 2.75) is 51.2 Å². The van der Waals surface area contributed by atoms with E-state index in [1.165, 1.54) is 16.7 Å². The van der Waals surface area contributed by atoms with Crippen molar-refractivity contribution in [3.63, 3.8) is 0 Å². The molecule has 7 nitrogen and oxygen atoms in total. The summed E-state index contributed by atoms with van der Waals surface area (Å²) in [7, 11) is 0. The van der Waals surface area contributed by atoms with Crippen molar-refractivity contribution >= 4 is 5.91 Å². The number of aliphatic hydroxyl groups excluding tert-OH is 1. The minimum atomic E-state index is -0.101. The molecule has 4 aromatic rings. The number of hydrogen-bond acceptors (Lipinski definition) is 5. The number of imidazole rings is 1. The highest BCUT2D eigenvalue weighted by Gasteiger charge is 2.26. The molecular formula is C33H38N4O3. The zero-order valence-electron chi connectivity index (χ0n) is 22.9. The highest BCUT2D eigenvalue weighted by molar-refractivity contribution is 5.97. The van der Waals surface area contributed by atoms with Crippen LogP contribution in [0.4, 0.5) is 0 Å². The lowest BCUT2D eigenvalue weighted by molar-refractivity contribution is 0.0947. The third-order valence-electron chi connectivity index (χ3n) is 7.43. The van der Waals surface area contributed by atoms with E-state index in [9.17, 15) is 4.79 Å². The smallest absolute Gasteiger partial charge is 0.255 e. The summed E-state index contributed by atoms with van der Waals surface area (Å²) in [5, 5.41) is 15.6. The minimum Gasteiger partial charge on any atom is -0.492 e. The van der Waals surface area contributed by atoms with Crippen molar-refractivity contribution in [2.24, 2.45) is 0 Å². The van der Waals surface area contributed by atoms with Gasteiger partial charge in [0.2, 0.25) is 0 Å². The first-order valence-corrected chi connectivity index (χ1v) is 14.2. The van der Waals surface area contributed by atoms with Crippen LogP contribution in [-0.4, -0.2) is 40.3 Å². The van der Waals surface area contributed by atoms with Gasteiger partial charge in [-0.25, -0.2) is 4.98 Å². The first-order valence-electron chi connectivity index (χ1n) is 14.2. The van der Waals surface area contributed by atoms with Gasteiger partial charge in [-0.05, 0) is 35.6 Å². The van der Waals surface area contributed by atoms with Crippen LogP contribution in [0.25, 0.3) is 11.1 Å². The highest BCUT2D eigenvalue weighted by Crippen LogP contribution is 2.35. The summed E-state index contributed by atoms with van der Waals surface area (Å²) in [6.45, 7) is 2.81. The minimum absolute atomic E-state index is 0.0866. The summed E-state index contributed by atoms with van der Waals surface area (Å²) < 4.78 is 8.18. The molecule has 1 aliphatic heterocycles. The number of nitrogens with one attached hydrogen (secondary N) is 2. The Morgan fingerprint density at radius 1 is 0.950 bits per heavy atom. The van der Waals surface area contributed by atoms with Gasteiger partial charge >= 0.3 is 0 Å². The second-order valence-corrected chi connectivity index (χ2v) is 10.3. The Bertz CT molecular complexity index is 1370. The molecule has 0 spiro atoms. The Morgan fingerprint density at radius 2 is 1.75 bits per heavy atom. The number of rotatable bonds is 13. The van der Waals surface area contributed by atoms with E-state index < -0.39 is 0 Å². The van der Waals surface area contributed by atoms with Gasteiger partial charge in [0.05, 0.1) is 24.2 Å². The van der Waals surface area contributed by atoms with Crippen LogP contribution in [0.3, 0.4) is 0 Å². The van der Waals surface area contributed by atoms with Crippen molar-refractivity contribution in [2.75, 3.05) is 19.8 Å². The molecular weight excluding hydrogens is 500 g/mol. The molecule has 3 aromatic carbocycles. The maximum Gasteiger partial charge on any atom is 0.255 e. The highest BCUT2D eigenvalue weighted by atomic mass is 16.5. The standard InChI is InChI=1S/C33H38N4O3/c38-19-7-2-1-6-18-35-33(39)30-12-8-11-29-31(17-20-40-32(29)30)36-22-28-21-34-24-37(28)23-25-13-15-27(16-14-25)26-9-4-3-5-10-26/h3-5,8-16,21,24,31,36,38H,1-2,6-7,17-20,22-23H2,(H,35,39). The van der Waals surface area contributed by atoms with E-state index in [0.717, 1.165) is 49.9 Å². The molecule has 1 aromatic heterocycles. The lowest BCUT2D eigenvalue weighted by Gasteiger charge is -2.28. The van der Waals surface area contributed by atoms with Crippen LogP contribution in [0.5, 0.6) is 5.75 Å². The molecule has 1 aliphatic rings. The number of carbonyl (C=O) groups excluding carboxylic acids is 1. The molecule has 7 heteroatoms. The number of aliphatic hydroxyl groups is 1. The fourth-order valence-electron chi connectivity index (χ4n) is 5.20. The number of nitrogens with zero attached hydrogens (tertiary/aromatic N) is 2. The number of aromatic nitrogens is 2. The lowest BCUT2D eigenvalue weighted by Crippen LogP contribution is -2.30. The number of ether oxygens (including phenoxy) is 1. The van der Waals surface area contributed by atoms with E-state index in [1.54, 1.807) is 0 Å². The monoisotopic (exact) mass is 538 g/mol. The molecule has 0 saturated heterocycles. The number of fused-ring (bicyclic) bond motifs is 1. The largest absolute Gasteiger partial charge is 0.492 e. The van der Waals surface area contributed by atoms with E-state index in [0.29, 0.717) is 31.0 Å².